The molecule has 1 saturated heterocycles. The van der Waals surface area contributed by atoms with Gasteiger partial charge in [-0.1, -0.05) is 0 Å². The normalized spacial score (nSPS) is 22.4. The topological polar surface area (TPSA) is 14.1 Å². The molecule has 0 unspecified atom stereocenters. The molecule has 43 valence electrons. The van der Waals surface area contributed by atoms with Crippen molar-refractivity contribution in [2.24, 2.45) is 5.92 Å². The fourth-order valence-electron chi connectivity index (χ4n) is 0.917. The second-order valence-electron chi connectivity index (χ2n) is 2.11. The molecule has 0 aromatic rings. The Hall–Kier alpha value is -0.480. The van der Waals surface area contributed by atoms with E-state index in [0.29, 0.717) is 5.92 Å². The molecule has 0 saturated carbocycles. The fraction of sp³-hybridized carbons (Fsp3) is 0.714. The minimum absolute atomic E-state index is 0.521. The summed E-state index contributed by atoms with van der Waals surface area (Å²) in [7, 11) is 0. The molecule has 0 atom stereocenters. The Morgan fingerprint density at radius 3 is 2.38 bits per heavy atom. The maximum Gasteiger partial charge on any atom is 0.0225 e. The third-order valence-electron chi connectivity index (χ3n) is 1.51. The fourth-order valence-corrected chi connectivity index (χ4v) is 0.917. The van der Waals surface area contributed by atoms with Gasteiger partial charge >= 0.3 is 0 Å². The van der Waals surface area contributed by atoms with E-state index in [4.69, 9.17) is 6.42 Å². The minimum atomic E-state index is 0.521. The largest absolute Gasteiger partial charge is 0.242 e. The van der Waals surface area contributed by atoms with Crippen LogP contribution >= 0.6 is 0 Å². The average Bonchev–Trinajstić information content (AvgIpc) is 1.90. The molecule has 1 aliphatic rings. The van der Waals surface area contributed by atoms with Crippen molar-refractivity contribution in [1.29, 1.82) is 0 Å². The van der Waals surface area contributed by atoms with Crippen LogP contribution in [0.4, 0.5) is 0 Å². The zero-order valence-electron chi connectivity index (χ0n) is 4.93. The lowest BCUT2D eigenvalue weighted by Crippen LogP contribution is -2.20. The molecule has 1 rings (SSSR count). The Kier molecular flexibility index (Phi) is 1.93. The SMILES string of the molecule is C#CC1CC[N]CC1. The Bertz CT molecular complexity index is 95.4. The molecule has 1 heterocycles. The van der Waals surface area contributed by atoms with Crippen molar-refractivity contribution in [2.75, 3.05) is 13.1 Å². The van der Waals surface area contributed by atoms with Crippen LogP contribution in [-0.4, -0.2) is 13.1 Å². The summed E-state index contributed by atoms with van der Waals surface area (Å²) in [5.74, 6) is 3.26. The molecule has 0 aromatic carbocycles. The van der Waals surface area contributed by atoms with Gasteiger partial charge in [0.25, 0.3) is 0 Å². The first-order chi connectivity index (χ1) is 3.93. The van der Waals surface area contributed by atoms with Crippen molar-refractivity contribution in [3.05, 3.63) is 0 Å². The smallest absolute Gasteiger partial charge is 0.0225 e. The van der Waals surface area contributed by atoms with Gasteiger partial charge in [0.15, 0.2) is 0 Å². The molecule has 1 nitrogen and oxygen atoms in total. The van der Waals surface area contributed by atoms with E-state index in [9.17, 15) is 0 Å². The van der Waals surface area contributed by atoms with Crippen LogP contribution in [0.3, 0.4) is 0 Å². The maximum absolute atomic E-state index is 5.21. The van der Waals surface area contributed by atoms with Gasteiger partial charge < -0.3 is 0 Å². The van der Waals surface area contributed by atoms with Crippen molar-refractivity contribution in [3.63, 3.8) is 0 Å². The number of hydrogen-bond acceptors (Lipinski definition) is 0. The Morgan fingerprint density at radius 1 is 1.38 bits per heavy atom. The van der Waals surface area contributed by atoms with Gasteiger partial charge in [-0.3, -0.25) is 0 Å². The summed E-state index contributed by atoms with van der Waals surface area (Å²) in [6.07, 6.45) is 7.43. The molecule has 1 heteroatoms. The second-order valence-corrected chi connectivity index (χ2v) is 2.11. The Morgan fingerprint density at radius 2 is 2.00 bits per heavy atom. The number of rotatable bonds is 0. The van der Waals surface area contributed by atoms with Gasteiger partial charge in [-0.25, -0.2) is 5.32 Å². The first-order valence-electron chi connectivity index (χ1n) is 3.03. The van der Waals surface area contributed by atoms with Crippen molar-refractivity contribution >= 4 is 0 Å². The van der Waals surface area contributed by atoms with E-state index in [1.165, 1.54) is 0 Å². The number of nitrogens with zero attached hydrogens (tertiary/aromatic N) is 1. The van der Waals surface area contributed by atoms with Gasteiger partial charge in [0, 0.05) is 19.0 Å². The van der Waals surface area contributed by atoms with Crippen LogP contribution < -0.4 is 5.32 Å². The van der Waals surface area contributed by atoms with Crippen LogP contribution in [0, 0.1) is 18.3 Å². The molecule has 0 bridgehead atoms. The molecule has 0 amide bonds. The second kappa shape index (κ2) is 2.74. The van der Waals surface area contributed by atoms with E-state index in [1.807, 2.05) is 0 Å². The van der Waals surface area contributed by atoms with Gasteiger partial charge in [0.1, 0.15) is 0 Å². The van der Waals surface area contributed by atoms with E-state index in [-0.39, 0.29) is 0 Å². The lowest BCUT2D eigenvalue weighted by molar-refractivity contribution is 0.441. The highest BCUT2D eigenvalue weighted by Gasteiger charge is 2.08. The summed E-state index contributed by atoms with van der Waals surface area (Å²) in [6.45, 7) is 1.96. The molecule has 1 radical (unpaired) electrons. The Labute approximate surface area is 50.5 Å². The molecule has 0 N–H and O–H groups in total. The first-order valence-corrected chi connectivity index (χ1v) is 3.03. The predicted octanol–water partition coefficient (Wildman–Crippen LogP) is 0.634. The van der Waals surface area contributed by atoms with E-state index in [2.05, 4.69) is 11.2 Å². The van der Waals surface area contributed by atoms with Crippen molar-refractivity contribution < 1.29 is 0 Å². The zero-order valence-corrected chi connectivity index (χ0v) is 4.93. The number of piperidine rings is 1. The van der Waals surface area contributed by atoms with Crippen LogP contribution in [0.5, 0.6) is 0 Å². The molecular formula is C7H10N. The van der Waals surface area contributed by atoms with Gasteiger partial charge in [-0.15, -0.1) is 12.3 Å². The number of terminal acetylenes is 1. The molecule has 0 spiro atoms. The maximum atomic E-state index is 5.21. The monoisotopic (exact) mass is 108 g/mol. The molecule has 1 aliphatic heterocycles. The van der Waals surface area contributed by atoms with Crippen LogP contribution in [0.2, 0.25) is 0 Å². The summed E-state index contributed by atoms with van der Waals surface area (Å²) in [4.78, 5) is 0. The van der Waals surface area contributed by atoms with Crippen molar-refractivity contribution in [3.8, 4) is 12.3 Å². The first kappa shape index (κ1) is 5.65. The van der Waals surface area contributed by atoms with Crippen molar-refractivity contribution in [2.45, 2.75) is 12.8 Å². The number of hydrogen-bond donors (Lipinski definition) is 0. The molecule has 8 heavy (non-hydrogen) atoms. The van der Waals surface area contributed by atoms with Crippen LogP contribution in [0.25, 0.3) is 0 Å². The lowest BCUT2D eigenvalue weighted by atomic mass is 10.00. The van der Waals surface area contributed by atoms with E-state index in [1.54, 1.807) is 0 Å². The summed E-state index contributed by atoms with van der Waals surface area (Å²) in [6, 6.07) is 0. The molecule has 0 aliphatic carbocycles. The predicted molar refractivity (Wildman–Crippen MR) is 33.4 cm³/mol. The average molecular weight is 108 g/mol. The van der Waals surface area contributed by atoms with Crippen LogP contribution in [-0.2, 0) is 0 Å². The highest BCUT2D eigenvalue weighted by Crippen LogP contribution is 2.09. The van der Waals surface area contributed by atoms with Gasteiger partial charge in [-0.2, -0.15) is 0 Å². The summed E-state index contributed by atoms with van der Waals surface area (Å²) < 4.78 is 0. The quantitative estimate of drug-likeness (QED) is 0.404. The van der Waals surface area contributed by atoms with Gasteiger partial charge in [0.05, 0.1) is 0 Å². The highest BCUT2D eigenvalue weighted by molar-refractivity contribution is 4.94. The van der Waals surface area contributed by atoms with E-state index >= 15 is 0 Å². The minimum Gasteiger partial charge on any atom is -0.242 e. The lowest BCUT2D eigenvalue weighted by Gasteiger charge is -2.15. The van der Waals surface area contributed by atoms with Crippen molar-refractivity contribution in [1.82, 2.24) is 5.32 Å². The third-order valence-corrected chi connectivity index (χ3v) is 1.51. The van der Waals surface area contributed by atoms with E-state index < -0.39 is 0 Å². The summed E-state index contributed by atoms with van der Waals surface area (Å²) >= 11 is 0. The summed E-state index contributed by atoms with van der Waals surface area (Å²) in [5, 5.41) is 4.18. The summed E-state index contributed by atoms with van der Waals surface area (Å²) in [5.41, 5.74) is 0. The van der Waals surface area contributed by atoms with Gasteiger partial charge in [0.2, 0.25) is 0 Å². The molecule has 0 aromatic heterocycles. The van der Waals surface area contributed by atoms with Crippen LogP contribution in [0.15, 0.2) is 0 Å². The van der Waals surface area contributed by atoms with Crippen LogP contribution in [0.1, 0.15) is 12.8 Å². The Balaban J connectivity index is 2.25. The zero-order chi connectivity index (χ0) is 5.82. The third kappa shape index (κ3) is 1.24. The molecular weight excluding hydrogens is 98.1 g/mol. The van der Waals surface area contributed by atoms with E-state index in [0.717, 1.165) is 25.9 Å². The molecule has 1 fully saturated rings. The highest BCUT2D eigenvalue weighted by atomic mass is 14.9. The standard InChI is InChI=1S/C7H10N/c1-2-7-3-5-8-6-4-7/h1,7H,3-6H2. The van der Waals surface area contributed by atoms with Gasteiger partial charge in [-0.05, 0) is 12.8 Å².